The molecule has 0 amide bonds. The molecule has 0 aromatic rings. The number of hydrogen-bond acceptors (Lipinski definition) is 4. The Labute approximate surface area is 140 Å². The lowest BCUT2D eigenvalue weighted by atomic mass is 10.1. The Morgan fingerprint density at radius 2 is 1.09 bits per heavy atom. The lowest BCUT2D eigenvalue weighted by Gasteiger charge is -2.37. The van der Waals surface area contributed by atoms with Crippen LogP contribution in [0, 0.1) is 0 Å². The van der Waals surface area contributed by atoms with Gasteiger partial charge in [0, 0.05) is 18.1 Å². The molecule has 0 atom stereocenters. The average molecular weight is 363 g/mol. The molecule has 0 rings (SSSR count). The highest BCUT2D eigenvalue weighted by Crippen LogP contribution is 2.22. The van der Waals surface area contributed by atoms with Gasteiger partial charge in [-0.3, -0.25) is 0 Å². The SMILES string of the molecule is C.C.C.CN(C(C)(C)C)S(=O)(=O)CN(C(C)(C)C)S(C)(=O)=O. The van der Waals surface area contributed by atoms with E-state index < -0.39 is 37.0 Å². The monoisotopic (exact) mass is 362 g/mol. The zero-order valence-electron chi connectivity index (χ0n) is 13.1. The van der Waals surface area contributed by atoms with Crippen LogP contribution in [0.2, 0.25) is 0 Å². The summed E-state index contributed by atoms with van der Waals surface area (Å²) in [5, 5.41) is 0. The van der Waals surface area contributed by atoms with Gasteiger partial charge in [-0.25, -0.2) is 16.8 Å². The van der Waals surface area contributed by atoms with Crippen LogP contribution in [0.5, 0.6) is 0 Å². The van der Waals surface area contributed by atoms with Crippen molar-refractivity contribution in [1.82, 2.24) is 8.61 Å². The molecule has 22 heavy (non-hydrogen) atoms. The van der Waals surface area contributed by atoms with E-state index in [1.165, 1.54) is 11.4 Å². The van der Waals surface area contributed by atoms with Gasteiger partial charge in [0.2, 0.25) is 20.0 Å². The highest BCUT2D eigenvalue weighted by atomic mass is 32.2. The molecule has 0 bridgehead atoms. The van der Waals surface area contributed by atoms with Gasteiger partial charge < -0.3 is 0 Å². The Bertz CT molecular complexity index is 512. The van der Waals surface area contributed by atoms with Crippen LogP contribution in [0.4, 0.5) is 0 Å². The van der Waals surface area contributed by atoms with Crippen LogP contribution in [0.1, 0.15) is 63.8 Å². The Hall–Kier alpha value is -0.180. The molecular weight excluding hydrogens is 324 g/mol. The predicted molar refractivity (Wildman–Crippen MR) is 97.9 cm³/mol. The summed E-state index contributed by atoms with van der Waals surface area (Å²) < 4.78 is 50.3. The molecule has 0 aliphatic heterocycles. The summed E-state index contributed by atoms with van der Waals surface area (Å²) in [6.45, 7) is 10.3. The highest BCUT2D eigenvalue weighted by molar-refractivity contribution is 7.92. The first-order chi connectivity index (χ1) is 7.99. The Kier molecular flexibility index (Phi) is 11.7. The van der Waals surface area contributed by atoms with Gasteiger partial charge in [-0.15, -0.1) is 0 Å². The van der Waals surface area contributed by atoms with Crippen LogP contribution >= 0.6 is 0 Å². The molecule has 0 aromatic heterocycles. The normalized spacial score (nSPS) is 13.2. The molecular formula is C14H38N2O4S2. The highest BCUT2D eigenvalue weighted by Gasteiger charge is 2.37. The van der Waals surface area contributed by atoms with Crippen LogP contribution in [0.15, 0.2) is 0 Å². The Balaban J connectivity index is -0.000000540. The van der Waals surface area contributed by atoms with Crippen LogP contribution in [-0.2, 0) is 20.0 Å². The lowest BCUT2D eigenvalue weighted by Crippen LogP contribution is -2.52. The van der Waals surface area contributed by atoms with Gasteiger partial charge in [0.1, 0.15) is 5.88 Å². The number of rotatable bonds is 4. The van der Waals surface area contributed by atoms with E-state index in [4.69, 9.17) is 0 Å². The summed E-state index contributed by atoms with van der Waals surface area (Å²) >= 11 is 0. The van der Waals surface area contributed by atoms with Gasteiger partial charge in [-0.05, 0) is 41.5 Å². The fraction of sp³-hybridized carbons (Fsp3) is 1.00. The first kappa shape index (κ1) is 29.8. The van der Waals surface area contributed by atoms with E-state index in [0.29, 0.717) is 0 Å². The second kappa shape index (κ2) is 8.61. The molecule has 0 fully saturated rings. The van der Waals surface area contributed by atoms with Crippen molar-refractivity contribution in [3.8, 4) is 0 Å². The summed E-state index contributed by atoms with van der Waals surface area (Å²) in [7, 11) is -5.85. The summed E-state index contributed by atoms with van der Waals surface area (Å²) in [5.41, 5.74) is -1.39. The molecule has 0 aliphatic carbocycles. The van der Waals surface area contributed by atoms with Crippen LogP contribution in [0.3, 0.4) is 0 Å². The van der Waals surface area contributed by atoms with E-state index >= 15 is 0 Å². The van der Waals surface area contributed by atoms with Crippen LogP contribution in [0.25, 0.3) is 0 Å². The van der Waals surface area contributed by atoms with Crippen LogP contribution < -0.4 is 0 Å². The maximum Gasteiger partial charge on any atom is 0.228 e. The van der Waals surface area contributed by atoms with E-state index in [1.54, 1.807) is 41.5 Å². The molecule has 140 valence electrons. The fourth-order valence-electron chi connectivity index (χ4n) is 1.44. The molecule has 6 nitrogen and oxygen atoms in total. The molecule has 0 aliphatic rings. The van der Waals surface area contributed by atoms with Crippen molar-refractivity contribution in [2.24, 2.45) is 0 Å². The second-order valence-corrected chi connectivity index (χ2v) is 10.5. The summed E-state index contributed by atoms with van der Waals surface area (Å²) in [4.78, 5) is 0. The minimum atomic E-state index is -3.70. The van der Waals surface area contributed by atoms with Gasteiger partial charge in [0.05, 0.1) is 6.26 Å². The fourth-order valence-corrected chi connectivity index (χ4v) is 5.29. The number of sulfonamides is 2. The minimum absolute atomic E-state index is 0. The topological polar surface area (TPSA) is 74.8 Å². The van der Waals surface area contributed by atoms with E-state index in [1.807, 2.05) is 0 Å². The number of nitrogens with zero attached hydrogens (tertiary/aromatic N) is 2. The Morgan fingerprint density at radius 1 is 0.773 bits per heavy atom. The second-order valence-electron chi connectivity index (χ2n) is 6.66. The van der Waals surface area contributed by atoms with Crippen molar-refractivity contribution in [1.29, 1.82) is 0 Å². The predicted octanol–water partition coefficient (Wildman–Crippen LogP) is 2.97. The summed E-state index contributed by atoms with van der Waals surface area (Å²) in [6.07, 6.45) is 1.02. The third-order valence-corrected chi connectivity index (χ3v) is 6.40. The molecule has 0 N–H and O–H groups in total. The average Bonchev–Trinajstić information content (AvgIpc) is 2.08. The first-order valence-corrected chi connectivity index (χ1v) is 9.40. The van der Waals surface area contributed by atoms with Crippen molar-refractivity contribution < 1.29 is 16.8 Å². The minimum Gasteiger partial charge on any atom is -0.212 e. The van der Waals surface area contributed by atoms with Crippen LogP contribution in [-0.4, -0.2) is 55.7 Å². The maximum absolute atomic E-state index is 12.3. The van der Waals surface area contributed by atoms with Gasteiger partial charge in [0.15, 0.2) is 0 Å². The summed E-state index contributed by atoms with van der Waals surface area (Å²) in [5.74, 6) is -0.552. The van der Waals surface area contributed by atoms with Gasteiger partial charge in [-0.1, -0.05) is 22.3 Å². The largest absolute Gasteiger partial charge is 0.228 e. The van der Waals surface area contributed by atoms with E-state index in [2.05, 4.69) is 0 Å². The third-order valence-electron chi connectivity index (χ3n) is 2.79. The van der Waals surface area contributed by atoms with Gasteiger partial charge in [-0.2, -0.15) is 8.61 Å². The molecule has 0 spiro atoms. The summed E-state index contributed by atoms with van der Waals surface area (Å²) in [6, 6.07) is 0. The van der Waals surface area contributed by atoms with Gasteiger partial charge >= 0.3 is 0 Å². The molecule has 0 aromatic carbocycles. The quantitative estimate of drug-likeness (QED) is 0.770. The molecule has 0 saturated carbocycles. The zero-order valence-corrected chi connectivity index (χ0v) is 14.7. The van der Waals surface area contributed by atoms with Crippen molar-refractivity contribution in [2.45, 2.75) is 74.9 Å². The van der Waals surface area contributed by atoms with E-state index in [0.717, 1.165) is 10.6 Å². The zero-order chi connectivity index (χ0) is 15.9. The van der Waals surface area contributed by atoms with Crippen molar-refractivity contribution >= 4 is 20.0 Å². The Morgan fingerprint density at radius 3 is 1.27 bits per heavy atom. The smallest absolute Gasteiger partial charge is 0.212 e. The first-order valence-electron chi connectivity index (χ1n) is 5.94. The molecule has 8 heteroatoms. The lowest BCUT2D eigenvalue weighted by molar-refractivity contribution is 0.255. The van der Waals surface area contributed by atoms with E-state index in [9.17, 15) is 16.8 Å². The molecule has 0 saturated heterocycles. The molecule has 0 radical (unpaired) electrons. The molecule has 0 unspecified atom stereocenters. The maximum atomic E-state index is 12.3. The third kappa shape index (κ3) is 8.45. The van der Waals surface area contributed by atoms with Crippen molar-refractivity contribution in [3.63, 3.8) is 0 Å². The molecule has 0 heterocycles. The van der Waals surface area contributed by atoms with Crippen molar-refractivity contribution in [3.05, 3.63) is 0 Å². The number of hydrogen-bond donors (Lipinski definition) is 0. The van der Waals surface area contributed by atoms with Gasteiger partial charge in [0.25, 0.3) is 0 Å². The van der Waals surface area contributed by atoms with Crippen molar-refractivity contribution in [2.75, 3.05) is 19.2 Å². The van der Waals surface area contributed by atoms with E-state index in [-0.39, 0.29) is 22.3 Å². The standard InChI is InChI=1S/C11H26N2O4S2.3CH4/c1-10(2,3)12(7)19(16,17)9-13(11(4,5)6)18(8,14)15;;;/h9H2,1-8H3;3*1H4.